The highest BCUT2D eigenvalue weighted by molar-refractivity contribution is 7.99. The molecule has 408 valence electrons. The number of carbonyl (C=O) groups is 6. The normalized spacial score (nSPS) is 13.7. The Hall–Kier alpha value is -9.25. The molecular formula is C56H58N12O10S. The van der Waals surface area contributed by atoms with Gasteiger partial charge in [-0.2, -0.15) is 0 Å². The van der Waals surface area contributed by atoms with Gasteiger partial charge in [-0.3, -0.25) is 49.0 Å². The lowest BCUT2D eigenvalue weighted by Gasteiger charge is -2.33. The van der Waals surface area contributed by atoms with Gasteiger partial charge >= 0.3 is 0 Å². The van der Waals surface area contributed by atoms with E-state index in [0.29, 0.717) is 65.2 Å². The molecule has 2 aromatic heterocycles. The molecule has 2 fully saturated rings. The maximum atomic E-state index is 13.6. The van der Waals surface area contributed by atoms with Gasteiger partial charge in [0, 0.05) is 140 Å². The highest BCUT2D eigenvalue weighted by Gasteiger charge is 2.31. The minimum absolute atomic E-state index is 0.0146. The lowest BCUT2D eigenvalue weighted by atomic mass is 9.95. The van der Waals surface area contributed by atoms with E-state index in [1.807, 2.05) is 21.5 Å². The number of rotatable bonds is 20. The van der Waals surface area contributed by atoms with Crippen molar-refractivity contribution in [1.82, 2.24) is 49.3 Å². The van der Waals surface area contributed by atoms with Gasteiger partial charge in [-0.05, 0) is 83.6 Å². The minimum Gasteiger partial charge on any atom is -0.352 e. The summed E-state index contributed by atoms with van der Waals surface area (Å²) in [6, 6.07) is 18.6. The van der Waals surface area contributed by atoms with E-state index in [2.05, 4.69) is 20.6 Å². The van der Waals surface area contributed by atoms with Crippen LogP contribution in [0, 0.1) is 20.2 Å². The van der Waals surface area contributed by atoms with Gasteiger partial charge in [0.15, 0.2) is 0 Å². The molecule has 0 spiro atoms. The first-order chi connectivity index (χ1) is 38.1. The fourth-order valence-electron chi connectivity index (χ4n) is 9.32. The molecule has 2 saturated heterocycles. The van der Waals surface area contributed by atoms with Gasteiger partial charge in [0.1, 0.15) is 0 Å². The molecule has 22 nitrogen and oxygen atoms in total. The Bertz CT molecular complexity index is 3090. The lowest BCUT2D eigenvalue weighted by molar-refractivity contribution is -0.387. The second-order valence-electron chi connectivity index (χ2n) is 18.7. The number of nitro groups is 2. The van der Waals surface area contributed by atoms with E-state index in [-0.39, 0.29) is 104 Å². The zero-order valence-electron chi connectivity index (χ0n) is 43.6. The number of piperazine rings is 2. The average molecular weight is 1090 g/mol. The molecule has 6 amide bonds. The van der Waals surface area contributed by atoms with E-state index >= 15 is 0 Å². The number of nitrogens with one attached hydrogen (secondary N) is 2. The van der Waals surface area contributed by atoms with Crippen LogP contribution in [0.1, 0.15) is 58.5 Å². The number of amides is 6. The third-order valence-electron chi connectivity index (χ3n) is 13.5. The maximum absolute atomic E-state index is 13.6. The molecule has 2 N–H and O–H groups in total. The van der Waals surface area contributed by atoms with E-state index in [9.17, 15) is 49.0 Å². The molecule has 8 rings (SSSR count). The summed E-state index contributed by atoms with van der Waals surface area (Å²) in [5.41, 5.74) is 0.525. The topological polar surface area (TPSA) is 261 Å². The molecule has 0 unspecified atom stereocenters. The number of hydrogen-bond acceptors (Lipinski definition) is 13. The molecule has 0 atom stereocenters. The summed E-state index contributed by atoms with van der Waals surface area (Å²) < 4.78 is 3.75. The zero-order chi connectivity index (χ0) is 56.0. The van der Waals surface area contributed by atoms with Crippen molar-refractivity contribution < 1.29 is 38.6 Å². The van der Waals surface area contributed by atoms with Crippen molar-refractivity contribution in [3.05, 3.63) is 165 Å². The number of nitrogens with zero attached hydrogens (tertiary/aromatic N) is 10. The van der Waals surface area contributed by atoms with Crippen LogP contribution in [0.2, 0.25) is 0 Å². The number of imidazole rings is 2. The highest BCUT2D eigenvalue weighted by Crippen LogP contribution is 2.48. The molecular weight excluding hydrogens is 1030 g/mol. The standard InChI is InChI=1S/C56H58N12O10S/c1-39(69)63-27-31-65(32-28-63)49(71)17-13-41-11-15-47(53(67(75)76)51(41)43-7-3-9-45(35-43)55(73)59-19-5-23-61-25-21-57-37-61)79-48-16-12-42(14-18-50(72)66-33-29-64(30-34-66)40(2)70)52(54(48)68(77)78)44-8-4-10-46(36-44)56(74)60-20-6-24-62-26-22-58-38-62/h3-4,7-18,21-22,25-26,35-38H,5-6,19-20,23-24,27-34H2,1-2H3,(H,59,73)(H,60,74)/b17-13+,18-14+. The van der Waals surface area contributed by atoms with Crippen LogP contribution >= 0.6 is 11.8 Å². The quantitative estimate of drug-likeness (QED) is 0.0362. The predicted molar refractivity (Wildman–Crippen MR) is 295 cm³/mol. The Balaban J connectivity index is 1.18. The van der Waals surface area contributed by atoms with Gasteiger partial charge in [0.25, 0.3) is 23.2 Å². The summed E-state index contributed by atoms with van der Waals surface area (Å²) in [5, 5.41) is 33.0. The van der Waals surface area contributed by atoms with E-state index in [1.54, 1.807) is 93.2 Å². The Morgan fingerprint density at radius 2 is 0.962 bits per heavy atom. The van der Waals surface area contributed by atoms with Crippen molar-refractivity contribution in [2.45, 2.75) is 49.6 Å². The zero-order valence-corrected chi connectivity index (χ0v) is 44.4. The van der Waals surface area contributed by atoms with E-state index in [0.717, 1.165) is 11.8 Å². The predicted octanol–water partition coefficient (Wildman–Crippen LogP) is 6.43. The van der Waals surface area contributed by atoms with Gasteiger partial charge in [-0.25, -0.2) is 9.97 Å². The number of benzene rings is 4. The molecule has 0 bridgehead atoms. The molecule has 4 aromatic carbocycles. The van der Waals surface area contributed by atoms with Crippen molar-refractivity contribution in [2.24, 2.45) is 0 Å². The fourth-order valence-corrected chi connectivity index (χ4v) is 10.4. The highest BCUT2D eigenvalue weighted by atomic mass is 32.2. The smallest absolute Gasteiger partial charge is 0.291 e. The molecule has 79 heavy (non-hydrogen) atoms. The molecule has 0 radical (unpaired) electrons. The van der Waals surface area contributed by atoms with E-state index in [1.165, 1.54) is 62.4 Å². The van der Waals surface area contributed by atoms with Gasteiger partial charge in [0.05, 0.1) is 43.4 Å². The monoisotopic (exact) mass is 1090 g/mol. The molecule has 0 aliphatic carbocycles. The molecule has 23 heteroatoms. The van der Waals surface area contributed by atoms with Crippen molar-refractivity contribution in [3.8, 4) is 22.3 Å². The SMILES string of the molecule is CC(=O)N1CCN(C(=O)/C=C/c2ccc(Sc3ccc(/C=C/C(=O)N4CCN(C(C)=O)CC4)c(-c4cccc(C(=O)NCCCn5ccnc5)c4)c3[N+](=O)[O-])c([N+](=O)[O-])c2-c2cccc(C(=O)NCCCn3ccnc3)c2)CC1. The van der Waals surface area contributed by atoms with Crippen LogP contribution in [0.3, 0.4) is 0 Å². The Morgan fingerprint density at radius 1 is 0.570 bits per heavy atom. The summed E-state index contributed by atoms with van der Waals surface area (Å²) in [5.74, 6) is -1.85. The van der Waals surface area contributed by atoms with Crippen LogP contribution in [-0.2, 0) is 32.3 Å². The minimum atomic E-state index is -0.607. The molecule has 2 aliphatic rings. The molecule has 0 saturated carbocycles. The Morgan fingerprint density at radius 3 is 1.32 bits per heavy atom. The van der Waals surface area contributed by atoms with E-state index in [4.69, 9.17) is 0 Å². The fraction of sp³-hybridized carbons (Fsp3) is 0.286. The van der Waals surface area contributed by atoms with Gasteiger partial charge in [-0.15, -0.1) is 0 Å². The first kappa shape index (κ1) is 56.0. The van der Waals surface area contributed by atoms with Gasteiger partial charge < -0.3 is 39.4 Å². The Kier molecular flexibility index (Phi) is 18.6. The number of aromatic nitrogens is 4. The van der Waals surface area contributed by atoms with Crippen LogP contribution in [-0.4, -0.2) is 149 Å². The summed E-state index contributed by atoms with van der Waals surface area (Å²) in [6.07, 6.45) is 17.0. The van der Waals surface area contributed by atoms with Crippen LogP contribution in [0.15, 0.2) is 132 Å². The largest absolute Gasteiger partial charge is 0.352 e. The van der Waals surface area contributed by atoms with Crippen molar-refractivity contribution in [1.29, 1.82) is 0 Å². The molecule has 4 heterocycles. The van der Waals surface area contributed by atoms with Crippen molar-refractivity contribution in [3.63, 3.8) is 0 Å². The molecule has 6 aromatic rings. The summed E-state index contributed by atoms with van der Waals surface area (Å²) in [7, 11) is 0. The second kappa shape index (κ2) is 26.2. The first-order valence-corrected chi connectivity index (χ1v) is 26.4. The summed E-state index contributed by atoms with van der Waals surface area (Å²) in [4.78, 5) is 119. The second-order valence-corrected chi connectivity index (χ2v) is 19.8. The van der Waals surface area contributed by atoms with Crippen LogP contribution in [0.4, 0.5) is 11.4 Å². The van der Waals surface area contributed by atoms with Gasteiger partial charge in [-0.1, -0.05) is 48.2 Å². The first-order valence-electron chi connectivity index (χ1n) is 25.6. The Labute approximate surface area is 459 Å². The van der Waals surface area contributed by atoms with Gasteiger partial charge in [0.2, 0.25) is 23.6 Å². The van der Waals surface area contributed by atoms with E-state index < -0.39 is 33.0 Å². The van der Waals surface area contributed by atoms with Crippen LogP contribution in [0.25, 0.3) is 34.4 Å². The third-order valence-corrected chi connectivity index (χ3v) is 14.6. The number of carbonyl (C=O) groups excluding carboxylic acids is 6. The van der Waals surface area contributed by atoms with Crippen LogP contribution < -0.4 is 10.6 Å². The molecule has 2 aliphatic heterocycles. The maximum Gasteiger partial charge on any atom is 0.291 e. The average Bonchev–Trinajstić information content (AvgIpc) is 4.27. The summed E-state index contributed by atoms with van der Waals surface area (Å²) >= 11 is 0.760. The van der Waals surface area contributed by atoms with Crippen LogP contribution in [0.5, 0.6) is 0 Å². The van der Waals surface area contributed by atoms with Crippen molar-refractivity contribution in [2.75, 3.05) is 65.4 Å². The lowest BCUT2D eigenvalue weighted by Crippen LogP contribution is -2.49. The van der Waals surface area contributed by atoms with Crippen molar-refractivity contribution >= 4 is 70.7 Å². The number of hydrogen-bond donors (Lipinski definition) is 2. The third kappa shape index (κ3) is 14.2. The number of nitro benzene ring substituents is 2. The summed E-state index contributed by atoms with van der Waals surface area (Å²) in [6.45, 7) is 7.26. The number of aryl methyl sites for hydroxylation is 2.